The maximum atomic E-state index is 11.8. The van der Waals surface area contributed by atoms with Crippen LogP contribution in [0.3, 0.4) is 0 Å². The van der Waals surface area contributed by atoms with Gasteiger partial charge in [0.1, 0.15) is 28.3 Å². The van der Waals surface area contributed by atoms with Gasteiger partial charge in [-0.25, -0.2) is 17.6 Å². The zero-order valence-electron chi connectivity index (χ0n) is 14.9. The van der Waals surface area contributed by atoms with Gasteiger partial charge in [-0.05, 0) is 31.2 Å². The van der Waals surface area contributed by atoms with Gasteiger partial charge in [0.15, 0.2) is 6.54 Å². The van der Waals surface area contributed by atoms with Crippen LogP contribution >= 0.6 is 0 Å². The highest BCUT2D eigenvalue weighted by atomic mass is 32.2. The van der Waals surface area contributed by atoms with Gasteiger partial charge in [0.2, 0.25) is 12.1 Å². The van der Waals surface area contributed by atoms with Gasteiger partial charge in [-0.1, -0.05) is 29.8 Å². The van der Waals surface area contributed by atoms with E-state index < -0.39 is 10.1 Å². The number of Topliss-reactive ketones (excluding diaryl/α,β-unsaturated/α-hetero) is 1. The lowest BCUT2D eigenvalue weighted by molar-refractivity contribution is -0.671. The molecule has 3 aromatic rings. The minimum Gasteiger partial charge on any atom is -0.744 e. The van der Waals surface area contributed by atoms with Crippen molar-refractivity contribution in [1.82, 2.24) is 4.57 Å². The van der Waals surface area contributed by atoms with Crippen molar-refractivity contribution in [1.29, 1.82) is 0 Å². The van der Waals surface area contributed by atoms with Crippen molar-refractivity contribution in [3.05, 3.63) is 78.4 Å². The van der Waals surface area contributed by atoms with Crippen LogP contribution in [0.15, 0.2) is 72.1 Å². The van der Waals surface area contributed by atoms with E-state index in [4.69, 9.17) is 0 Å². The molecule has 0 saturated carbocycles. The SMILES string of the molecule is C[n+]1ccn(CC(=O)c2cccc(O)c2)c1.Cc1ccc(S(=O)(=O)[O-])cc1. The number of rotatable bonds is 4. The fourth-order valence-corrected chi connectivity index (χ4v) is 2.71. The number of aromatic hydroxyl groups is 1. The minimum absolute atomic E-state index is 0.0212. The highest BCUT2D eigenvalue weighted by Crippen LogP contribution is 2.12. The predicted molar refractivity (Wildman–Crippen MR) is 97.2 cm³/mol. The molecule has 0 atom stereocenters. The molecule has 0 fully saturated rings. The molecule has 0 amide bonds. The first-order chi connectivity index (χ1) is 12.6. The molecule has 0 saturated heterocycles. The molecule has 0 aliphatic heterocycles. The highest BCUT2D eigenvalue weighted by molar-refractivity contribution is 7.85. The quantitative estimate of drug-likeness (QED) is 0.417. The third kappa shape index (κ3) is 6.36. The van der Waals surface area contributed by atoms with Crippen molar-refractivity contribution < 1.29 is 27.4 Å². The molecular formula is C19H20N2O5S. The van der Waals surface area contributed by atoms with Gasteiger partial charge in [0, 0.05) is 5.56 Å². The number of carbonyl (C=O) groups is 1. The molecule has 27 heavy (non-hydrogen) atoms. The third-order valence-electron chi connectivity index (χ3n) is 3.63. The molecule has 0 spiro atoms. The van der Waals surface area contributed by atoms with Gasteiger partial charge in [0.25, 0.3) is 0 Å². The Bertz CT molecular complexity index is 1020. The van der Waals surface area contributed by atoms with Gasteiger partial charge < -0.3 is 9.66 Å². The number of aryl methyl sites for hydroxylation is 2. The number of nitrogens with zero attached hydrogens (tertiary/aromatic N) is 2. The molecule has 0 radical (unpaired) electrons. The van der Waals surface area contributed by atoms with Crippen LogP contribution in [0.2, 0.25) is 0 Å². The number of hydrogen-bond donors (Lipinski definition) is 1. The van der Waals surface area contributed by atoms with Crippen LogP contribution in [0.5, 0.6) is 5.75 Å². The molecule has 1 aromatic heterocycles. The van der Waals surface area contributed by atoms with Crippen LogP contribution in [0.25, 0.3) is 0 Å². The van der Waals surface area contributed by atoms with E-state index >= 15 is 0 Å². The van der Waals surface area contributed by atoms with E-state index in [0.717, 1.165) is 5.56 Å². The second-order valence-corrected chi connectivity index (χ2v) is 7.37. The van der Waals surface area contributed by atoms with Crippen molar-refractivity contribution in [3.8, 4) is 5.75 Å². The molecule has 7 nitrogen and oxygen atoms in total. The first-order valence-corrected chi connectivity index (χ1v) is 9.42. The molecule has 1 N–H and O–H groups in total. The van der Waals surface area contributed by atoms with Crippen molar-refractivity contribution in [3.63, 3.8) is 0 Å². The largest absolute Gasteiger partial charge is 0.744 e. The topological polar surface area (TPSA) is 103 Å². The highest BCUT2D eigenvalue weighted by Gasteiger charge is 2.10. The summed E-state index contributed by atoms with van der Waals surface area (Å²) in [4.78, 5) is 11.7. The van der Waals surface area contributed by atoms with E-state index in [-0.39, 0.29) is 23.0 Å². The Hall–Kier alpha value is -2.97. The number of aromatic nitrogens is 2. The van der Waals surface area contributed by atoms with Gasteiger partial charge >= 0.3 is 0 Å². The second-order valence-electron chi connectivity index (χ2n) is 5.99. The van der Waals surface area contributed by atoms with Crippen molar-refractivity contribution >= 4 is 15.9 Å². The van der Waals surface area contributed by atoms with Crippen LogP contribution in [-0.2, 0) is 23.7 Å². The number of imidazole rings is 1. The first kappa shape index (κ1) is 20.3. The number of carbonyl (C=O) groups excluding carboxylic acids is 1. The summed E-state index contributed by atoms with van der Waals surface area (Å²) in [5.74, 6) is 0.0935. The lowest BCUT2D eigenvalue weighted by Gasteiger charge is -2.05. The summed E-state index contributed by atoms with van der Waals surface area (Å²) in [6.45, 7) is 2.10. The number of ketones is 1. The molecule has 3 rings (SSSR count). The molecule has 0 bridgehead atoms. The van der Waals surface area contributed by atoms with Gasteiger partial charge in [-0.2, -0.15) is 0 Å². The minimum atomic E-state index is -4.27. The van der Waals surface area contributed by atoms with Crippen molar-refractivity contribution in [2.24, 2.45) is 7.05 Å². The summed E-state index contributed by atoms with van der Waals surface area (Å²) in [6.07, 6.45) is 5.54. The van der Waals surface area contributed by atoms with Crippen LogP contribution in [0.1, 0.15) is 15.9 Å². The zero-order valence-corrected chi connectivity index (χ0v) is 15.8. The molecule has 0 aliphatic rings. The van der Waals surface area contributed by atoms with Gasteiger partial charge in [-0.3, -0.25) is 4.79 Å². The molecule has 142 valence electrons. The average Bonchev–Trinajstić information content (AvgIpc) is 3.00. The van der Waals surface area contributed by atoms with E-state index in [1.165, 1.54) is 18.2 Å². The number of phenols is 1. The molecule has 0 aliphatic carbocycles. The first-order valence-electron chi connectivity index (χ1n) is 8.01. The maximum absolute atomic E-state index is 11.8. The van der Waals surface area contributed by atoms with Crippen molar-refractivity contribution in [2.75, 3.05) is 0 Å². The Labute approximate surface area is 157 Å². The molecular weight excluding hydrogens is 368 g/mol. The Balaban J connectivity index is 0.000000208. The van der Waals surface area contributed by atoms with Gasteiger partial charge in [0.05, 0.1) is 11.9 Å². The van der Waals surface area contributed by atoms with Gasteiger partial charge in [-0.15, -0.1) is 0 Å². The Morgan fingerprint density at radius 3 is 2.37 bits per heavy atom. The molecule has 0 unspecified atom stereocenters. The van der Waals surface area contributed by atoms with E-state index in [1.807, 2.05) is 37.3 Å². The Morgan fingerprint density at radius 2 is 1.85 bits per heavy atom. The second kappa shape index (κ2) is 8.61. The number of benzene rings is 2. The van der Waals surface area contributed by atoms with E-state index in [1.54, 1.807) is 34.9 Å². The zero-order chi connectivity index (χ0) is 20.0. The van der Waals surface area contributed by atoms with Crippen molar-refractivity contribution in [2.45, 2.75) is 18.4 Å². The molecule has 1 heterocycles. The normalized spacial score (nSPS) is 10.8. The standard InChI is InChI=1S/C12H12N2O2.C7H8O3S/c1-13-5-6-14(9-13)8-12(16)10-3-2-4-11(15)7-10;1-6-2-4-7(5-3-6)11(8,9)10/h2-7,9H,8H2,1H3;2-5H,1H3,(H,8,9,10). The van der Waals surface area contributed by atoms with E-state index in [9.17, 15) is 22.9 Å². The summed E-state index contributed by atoms with van der Waals surface area (Å²) < 4.78 is 34.8. The molecule has 8 heteroatoms. The fraction of sp³-hybridized carbons (Fsp3) is 0.158. The summed E-state index contributed by atoms with van der Waals surface area (Å²) in [5, 5.41) is 9.27. The van der Waals surface area contributed by atoms with E-state index in [2.05, 4.69) is 0 Å². The number of phenolic OH excluding ortho intramolecular Hbond substituents is 1. The number of hydrogen-bond acceptors (Lipinski definition) is 5. The maximum Gasteiger partial charge on any atom is 0.243 e. The average molecular weight is 388 g/mol. The monoisotopic (exact) mass is 388 g/mol. The van der Waals surface area contributed by atoms with Crippen LogP contribution < -0.4 is 4.57 Å². The summed E-state index contributed by atoms with van der Waals surface area (Å²) in [6, 6.07) is 12.2. The van der Waals surface area contributed by atoms with Crippen LogP contribution in [0, 0.1) is 6.92 Å². The van der Waals surface area contributed by atoms with Crippen LogP contribution in [-0.4, -0.2) is 28.4 Å². The Morgan fingerprint density at radius 1 is 1.19 bits per heavy atom. The Kier molecular flexibility index (Phi) is 6.49. The summed E-state index contributed by atoms with van der Waals surface area (Å²) >= 11 is 0. The predicted octanol–water partition coefficient (Wildman–Crippen LogP) is 1.80. The smallest absolute Gasteiger partial charge is 0.243 e. The lowest BCUT2D eigenvalue weighted by Crippen LogP contribution is -2.24. The molecule has 2 aromatic carbocycles. The van der Waals surface area contributed by atoms with Crippen LogP contribution in [0.4, 0.5) is 0 Å². The third-order valence-corrected chi connectivity index (χ3v) is 4.48. The van der Waals surface area contributed by atoms with E-state index in [0.29, 0.717) is 5.56 Å². The summed E-state index contributed by atoms with van der Waals surface area (Å²) in [7, 11) is -2.37. The summed E-state index contributed by atoms with van der Waals surface area (Å²) in [5.41, 5.74) is 1.45. The fourth-order valence-electron chi connectivity index (χ4n) is 2.24. The lowest BCUT2D eigenvalue weighted by atomic mass is 10.1.